The van der Waals surface area contributed by atoms with Crippen molar-refractivity contribution >= 4 is 0 Å². The minimum absolute atomic E-state index is 0.417. The van der Waals surface area contributed by atoms with E-state index in [0.29, 0.717) is 17.9 Å². The van der Waals surface area contributed by atoms with Crippen molar-refractivity contribution in [2.45, 2.75) is 64.7 Å². The van der Waals surface area contributed by atoms with Gasteiger partial charge in [-0.1, -0.05) is 26.2 Å². The number of aliphatic hydroxyl groups excluding tert-OH is 1. The van der Waals surface area contributed by atoms with Crippen molar-refractivity contribution in [2.75, 3.05) is 6.61 Å². The molecule has 1 nitrogen and oxygen atoms in total. The zero-order valence-corrected chi connectivity index (χ0v) is 10.2. The number of hydrogen-bond acceptors (Lipinski definition) is 1. The van der Waals surface area contributed by atoms with Gasteiger partial charge in [-0.2, -0.15) is 0 Å². The van der Waals surface area contributed by atoms with E-state index in [0.717, 1.165) is 5.92 Å². The van der Waals surface area contributed by atoms with Gasteiger partial charge in [-0.05, 0) is 55.8 Å². The summed E-state index contributed by atoms with van der Waals surface area (Å²) in [7, 11) is 0. The van der Waals surface area contributed by atoms with Gasteiger partial charge in [0.25, 0.3) is 0 Å². The summed E-state index contributed by atoms with van der Waals surface area (Å²) in [6, 6.07) is 0. The molecule has 0 atom stereocenters. The van der Waals surface area contributed by atoms with Gasteiger partial charge in [0.1, 0.15) is 0 Å². The SMILES string of the molecule is CC1(C2CCCCC2)CCC(CO)CC1. The second-order valence-electron chi connectivity index (χ2n) is 6.11. The number of aliphatic hydroxyl groups is 1. The molecule has 0 saturated heterocycles. The largest absolute Gasteiger partial charge is 0.396 e. The maximum Gasteiger partial charge on any atom is 0.0459 e. The highest BCUT2D eigenvalue weighted by Crippen LogP contribution is 2.48. The average molecular weight is 210 g/mol. The van der Waals surface area contributed by atoms with Crippen molar-refractivity contribution < 1.29 is 5.11 Å². The fourth-order valence-electron chi connectivity index (χ4n) is 3.73. The third-order valence-corrected chi connectivity index (χ3v) is 5.10. The Bertz CT molecular complexity index is 186. The van der Waals surface area contributed by atoms with E-state index in [4.69, 9.17) is 0 Å². The van der Waals surface area contributed by atoms with Crippen molar-refractivity contribution in [1.29, 1.82) is 0 Å². The summed E-state index contributed by atoms with van der Waals surface area (Å²) in [5.74, 6) is 1.60. The van der Waals surface area contributed by atoms with Gasteiger partial charge in [0.2, 0.25) is 0 Å². The fourth-order valence-corrected chi connectivity index (χ4v) is 3.73. The molecule has 0 bridgehead atoms. The van der Waals surface area contributed by atoms with Gasteiger partial charge in [-0.25, -0.2) is 0 Å². The first kappa shape index (κ1) is 11.4. The van der Waals surface area contributed by atoms with Gasteiger partial charge in [-0.3, -0.25) is 0 Å². The highest BCUT2D eigenvalue weighted by Gasteiger charge is 2.37. The van der Waals surface area contributed by atoms with Crippen LogP contribution in [0, 0.1) is 17.3 Å². The van der Waals surface area contributed by atoms with Gasteiger partial charge in [-0.15, -0.1) is 0 Å². The van der Waals surface area contributed by atoms with Crippen LogP contribution in [0.1, 0.15) is 64.7 Å². The quantitative estimate of drug-likeness (QED) is 0.736. The lowest BCUT2D eigenvalue weighted by Crippen LogP contribution is -2.34. The van der Waals surface area contributed by atoms with Crippen molar-refractivity contribution in [3.63, 3.8) is 0 Å². The van der Waals surface area contributed by atoms with Crippen molar-refractivity contribution in [3.05, 3.63) is 0 Å². The Kier molecular flexibility index (Phi) is 3.71. The summed E-state index contributed by atoms with van der Waals surface area (Å²) in [6.07, 6.45) is 12.6. The molecular formula is C14H26O. The minimum Gasteiger partial charge on any atom is -0.396 e. The molecule has 2 saturated carbocycles. The van der Waals surface area contributed by atoms with Crippen molar-refractivity contribution in [3.8, 4) is 0 Å². The molecule has 0 radical (unpaired) electrons. The van der Waals surface area contributed by atoms with E-state index in [-0.39, 0.29) is 0 Å². The third kappa shape index (κ3) is 2.55. The monoisotopic (exact) mass is 210 g/mol. The van der Waals surface area contributed by atoms with Gasteiger partial charge in [0, 0.05) is 6.61 Å². The molecule has 0 aromatic rings. The maximum atomic E-state index is 9.17. The van der Waals surface area contributed by atoms with E-state index >= 15 is 0 Å². The molecule has 2 rings (SSSR count). The zero-order valence-electron chi connectivity index (χ0n) is 10.2. The fraction of sp³-hybridized carbons (Fsp3) is 1.00. The van der Waals surface area contributed by atoms with E-state index in [1.54, 1.807) is 0 Å². The Balaban J connectivity index is 1.89. The summed E-state index contributed by atoms with van der Waals surface area (Å²) in [5, 5.41) is 9.17. The first-order valence-electron chi connectivity index (χ1n) is 6.85. The minimum atomic E-state index is 0.417. The average Bonchev–Trinajstić information content (AvgIpc) is 2.31. The highest BCUT2D eigenvalue weighted by atomic mass is 16.3. The van der Waals surface area contributed by atoms with Crippen LogP contribution >= 0.6 is 0 Å². The lowest BCUT2D eigenvalue weighted by Gasteiger charge is -2.44. The van der Waals surface area contributed by atoms with Crippen LogP contribution in [0.4, 0.5) is 0 Å². The summed E-state index contributed by atoms with van der Waals surface area (Å²) in [5.41, 5.74) is 0.617. The van der Waals surface area contributed by atoms with Crippen LogP contribution < -0.4 is 0 Å². The van der Waals surface area contributed by atoms with Crippen LogP contribution in [-0.4, -0.2) is 11.7 Å². The lowest BCUT2D eigenvalue weighted by molar-refractivity contribution is 0.0511. The topological polar surface area (TPSA) is 20.2 Å². The maximum absolute atomic E-state index is 9.17. The van der Waals surface area contributed by atoms with E-state index in [9.17, 15) is 5.11 Å². The number of hydrogen-bond donors (Lipinski definition) is 1. The number of rotatable bonds is 2. The smallest absolute Gasteiger partial charge is 0.0459 e. The van der Waals surface area contributed by atoms with E-state index in [1.807, 2.05) is 0 Å². The van der Waals surface area contributed by atoms with Gasteiger partial charge in [0.05, 0.1) is 0 Å². The van der Waals surface area contributed by atoms with E-state index in [1.165, 1.54) is 57.8 Å². The zero-order chi connectivity index (χ0) is 10.7. The standard InChI is InChI=1S/C14H26O/c1-14(13-5-3-2-4-6-13)9-7-12(11-15)8-10-14/h12-13,15H,2-11H2,1H3. The van der Waals surface area contributed by atoms with Crippen molar-refractivity contribution in [2.24, 2.45) is 17.3 Å². The molecule has 2 aliphatic carbocycles. The molecule has 0 aromatic heterocycles. The van der Waals surface area contributed by atoms with Crippen LogP contribution in [0.3, 0.4) is 0 Å². The molecule has 15 heavy (non-hydrogen) atoms. The summed E-state index contributed by atoms with van der Waals surface area (Å²) in [4.78, 5) is 0. The Morgan fingerprint density at radius 3 is 2.13 bits per heavy atom. The molecule has 0 heterocycles. The first-order chi connectivity index (χ1) is 7.24. The molecule has 88 valence electrons. The van der Waals surface area contributed by atoms with Crippen LogP contribution in [0.5, 0.6) is 0 Å². The summed E-state index contributed by atoms with van der Waals surface area (Å²) < 4.78 is 0. The Morgan fingerprint density at radius 2 is 1.60 bits per heavy atom. The molecule has 2 aliphatic rings. The summed E-state index contributed by atoms with van der Waals surface area (Å²) in [6.45, 7) is 2.93. The predicted octanol–water partition coefficient (Wildman–Crippen LogP) is 3.76. The van der Waals surface area contributed by atoms with Crippen LogP contribution in [0.2, 0.25) is 0 Å². The van der Waals surface area contributed by atoms with Crippen LogP contribution in [0.25, 0.3) is 0 Å². The Hall–Kier alpha value is -0.0400. The van der Waals surface area contributed by atoms with Gasteiger partial charge in [0.15, 0.2) is 0 Å². The second kappa shape index (κ2) is 4.86. The van der Waals surface area contributed by atoms with Crippen LogP contribution in [0.15, 0.2) is 0 Å². The Morgan fingerprint density at radius 1 is 1.00 bits per heavy atom. The molecule has 1 heteroatoms. The predicted molar refractivity (Wildman–Crippen MR) is 63.7 cm³/mol. The second-order valence-corrected chi connectivity index (χ2v) is 6.11. The highest BCUT2D eigenvalue weighted by molar-refractivity contribution is 4.88. The molecule has 0 aliphatic heterocycles. The molecule has 0 amide bonds. The van der Waals surface area contributed by atoms with Gasteiger partial charge >= 0.3 is 0 Å². The van der Waals surface area contributed by atoms with Crippen molar-refractivity contribution in [1.82, 2.24) is 0 Å². The molecule has 0 aromatic carbocycles. The normalized spacial score (nSPS) is 39.2. The molecule has 1 N–H and O–H groups in total. The third-order valence-electron chi connectivity index (χ3n) is 5.10. The van der Waals surface area contributed by atoms with E-state index < -0.39 is 0 Å². The van der Waals surface area contributed by atoms with Gasteiger partial charge < -0.3 is 5.11 Å². The molecular weight excluding hydrogens is 184 g/mol. The molecule has 0 unspecified atom stereocenters. The Labute approximate surface area is 94.3 Å². The molecule has 0 spiro atoms. The first-order valence-corrected chi connectivity index (χ1v) is 6.85. The van der Waals surface area contributed by atoms with Crippen LogP contribution in [-0.2, 0) is 0 Å². The lowest BCUT2D eigenvalue weighted by atomic mass is 9.61. The summed E-state index contributed by atoms with van der Waals surface area (Å²) >= 11 is 0. The molecule has 2 fully saturated rings. The van der Waals surface area contributed by atoms with E-state index in [2.05, 4.69) is 6.92 Å².